The molecule has 132 valence electrons. The topological polar surface area (TPSA) is 34.8 Å². The van der Waals surface area contributed by atoms with Gasteiger partial charge in [-0.1, -0.05) is 13.1 Å². The highest BCUT2D eigenvalue weighted by molar-refractivity contribution is 6.88. The molecule has 2 rings (SSSR count). The molecule has 1 aromatic rings. The van der Waals surface area contributed by atoms with E-state index in [2.05, 4.69) is 24.1 Å². The minimum absolute atomic E-state index is 0.367. The predicted octanol–water partition coefficient (Wildman–Crippen LogP) is 3.75. The molecule has 0 N–H and O–H groups in total. The third kappa shape index (κ3) is 5.45. The summed E-state index contributed by atoms with van der Waals surface area (Å²) in [5, 5.41) is 1.17. The molecule has 0 bridgehead atoms. The summed E-state index contributed by atoms with van der Waals surface area (Å²) < 4.78 is 17.4. The summed E-state index contributed by atoms with van der Waals surface area (Å²) in [5.41, 5.74) is 0. The maximum absolute atomic E-state index is 6.14. The molecule has 0 aromatic carbocycles. The van der Waals surface area contributed by atoms with Gasteiger partial charge < -0.3 is 18.8 Å². The maximum Gasteiger partial charge on any atom is 0.217 e. The molecule has 1 aromatic heterocycles. The van der Waals surface area contributed by atoms with Gasteiger partial charge in [-0.05, 0) is 70.9 Å². The maximum atomic E-state index is 6.14. The van der Waals surface area contributed by atoms with Crippen LogP contribution >= 0.6 is 0 Å². The lowest BCUT2D eigenvalue weighted by Crippen LogP contribution is -2.41. The van der Waals surface area contributed by atoms with Crippen molar-refractivity contribution in [2.75, 3.05) is 32.8 Å². The quantitative estimate of drug-likeness (QED) is 0.480. The van der Waals surface area contributed by atoms with Gasteiger partial charge in [-0.2, -0.15) is 0 Å². The Kier molecular flexibility index (Phi) is 7.33. The van der Waals surface area contributed by atoms with E-state index in [9.17, 15) is 0 Å². The van der Waals surface area contributed by atoms with Crippen molar-refractivity contribution >= 4 is 13.5 Å². The van der Waals surface area contributed by atoms with Crippen LogP contribution in [-0.2, 0) is 9.47 Å². The molecule has 0 spiro atoms. The van der Waals surface area contributed by atoms with E-state index >= 15 is 0 Å². The van der Waals surface area contributed by atoms with E-state index in [4.69, 9.17) is 13.9 Å². The molecule has 0 atom stereocenters. The van der Waals surface area contributed by atoms with Gasteiger partial charge in [0.15, 0.2) is 5.76 Å². The van der Waals surface area contributed by atoms with Gasteiger partial charge in [0.2, 0.25) is 6.29 Å². The number of nitrogens with zero attached hydrogens (tertiary/aromatic N) is 1. The zero-order chi connectivity index (χ0) is 16.7. The van der Waals surface area contributed by atoms with E-state index in [1.165, 1.54) is 50.3 Å². The molecular weight excluding hydrogens is 306 g/mol. The molecule has 2 heterocycles. The summed E-state index contributed by atoms with van der Waals surface area (Å²) in [6.07, 6.45) is 3.65. The van der Waals surface area contributed by atoms with Crippen LogP contribution in [0.4, 0.5) is 0 Å². The molecule has 1 aliphatic heterocycles. The van der Waals surface area contributed by atoms with Crippen LogP contribution in [0, 0.1) is 0 Å². The molecule has 0 saturated carbocycles. The van der Waals surface area contributed by atoms with Gasteiger partial charge in [-0.15, -0.1) is 0 Å². The van der Waals surface area contributed by atoms with Gasteiger partial charge in [-0.3, -0.25) is 0 Å². The van der Waals surface area contributed by atoms with Crippen LogP contribution < -0.4 is 5.38 Å². The molecule has 1 saturated heterocycles. The van der Waals surface area contributed by atoms with E-state index < -0.39 is 8.07 Å². The third-order valence-corrected chi connectivity index (χ3v) is 7.84. The molecular formula is C18H33NO3Si. The van der Waals surface area contributed by atoms with Crippen molar-refractivity contribution in [3.8, 4) is 0 Å². The van der Waals surface area contributed by atoms with Crippen LogP contribution in [0.15, 0.2) is 16.5 Å². The summed E-state index contributed by atoms with van der Waals surface area (Å²) in [5.74, 6) is 0.809. The Morgan fingerprint density at radius 1 is 1.13 bits per heavy atom. The van der Waals surface area contributed by atoms with Crippen LogP contribution in [-0.4, -0.2) is 45.8 Å². The summed E-state index contributed by atoms with van der Waals surface area (Å²) in [6.45, 7) is 13.8. The first-order valence-electron chi connectivity index (χ1n) is 9.12. The normalized spacial score (nSPS) is 16.6. The average molecular weight is 340 g/mol. The lowest BCUT2D eigenvalue weighted by Gasteiger charge is -2.22. The number of hydrogen-bond acceptors (Lipinski definition) is 4. The Morgan fingerprint density at radius 3 is 2.39 bits per heavy atom. The first-order valence-corrected chi connectivity index (χ1v) is 12.3. The zero-order valence-corrected chi connectivity index (χ0v) is 16.3. The second-order valence-electron chi connectivity index (χ2n) is 6.98. The van der Waals surface area contributed by atoms with E-state index in [1.54, 1.807) is 0 Å². The van der Waals surface area contributed by atoms with Crippen molar-refractivity contribution in [3.05, 3.63) is 17.9 Å². The van der Waals surface area contributed by atoms with E-state index in [1.807, 2.05) is 19.9 Å². The highest BCUT2D eigenvalue weighted by atomic mass is 28.3. The SMILES string of the molecule is CCOC(OCC)c1ccc([Si](C)(C)CCCN2CCCC2)o1. The first-order chi connectivity index (χ1) is 11.1. The molecule has 1 aliphatic rings. The van der Waals surface area contributed by atoms with Crippen molar-refractivity contribution in [1.82, 2.24) is 4.90 Å². The Balaban J connectivity index is 1.90. The lowest BCUT2D eigenvalue weighted by atomic mass is 10.4. The lowest BCUT2D eigenvalue weighted by molar-refractivity contribution is -0.150. The monoisotopic (exact) mass is 339 g/mol. The highest BCUT2D eigenvalue weighted by Gasteiger charge is 2.29. The second kappa shape index (κ2) is 9.02. The minimum atomic E-state index is -1.53. The smallest absolute Gasteiger partial charge is 0.217 e. The fraction of sp³-hybridized carbons (Fsp3) is 0.778. The van der Waals surface area contributed by atoms with Gasteiger partial charge in [0.05, 0.1) is 5.38 Å². The molecule has 0 aliphatic carbocycles. The summed E-state index contributed by atoms with van der Waals surface area (Å²) in [4.78, 5) is 2.60. The van der Waals surface area contributed by atoms with Crippen LogP contribution in [0.25, 0.3) is 0 Å². The summed E-state index contributed by atoms with van der Waals surface area (Å²) in [7, 11) is -1.53. The van der Waals surface area contributed by atoms with Gasteiger partial charge >= 0.3 is 0 Å². The standard InChI is InChI=1S/C18H33NO3Si/c1-5-20-18(21-6-2)16-10-11-17(22-16)23(3,4)15-9-14-19-12-7-8-13-19/h10-11,18H,5-9,12-15H2,1-4H3. The number of ether oxygens (including phenoxy) is 2. The molecule has 0 unspecified atom stereocenters. The number of hydrogen-bond donors (Lipinski definition) is 0. The van der Waals surface area contributed by atoms with Crippen molar-refractivity contribution < 1.29 is 13.9 Å². The minimum Gasteiger partial charge on any atom is -0.466 e. The van der Waals surface area contributed by atoms with E-state index in [0.29, 0.717) is 13.2 Å². The van der Waals surface area contributed by atoms with Crippen molar-refractivity contribution in [1.29, 1.82) is 0 Å². The van der Waals surface area contributed by atoms with E-state index in [-0.39, 0.29) is 6.29 Å². The van der Waals surface area contributed by atoms with Gasteiger partial charge in [0.1, 0.15) is 8.07 Å². The molecule has 23 heavy (non-hydrogen) atoms. The predicted molar refractivity (Wildman–Crippen MR) is 96.9 cm³/mol. The third-order valence-electron chi connectivity index (χ3n) is 4.64. The molecule has 0 amide bonds. The van der Waals surface area contributed by atoms with Crippen molar-refractivity contribution in [2.24, 2.45) is 0 Å². The average Bonchev–Trinajstić information content (AvgIpc) is 3.18. The Labute approximate surface area is 142 Å². The van der Waals surface area contributed by atoms with Crippen LogP contribution in [0.1, 0.15) is 45.2 Å². The largest absolute Gasteiger partial charge is 0.466 e. The Hall–Kier alpha value is -0.623. The van der Waals surface area contributed by atoms with Gasteiger partial charge in [-0.25, -0.2) is 0 Å². The fourth-order valence-electron chi connectivity index (χ4n) is 3.23. The van der Waals surface area contributed by atoms with Crippen molar-refractivity contribution in [3.63, 3.8) is 0 Å². The van der Waals surface area contributed by atoms with E-state index in [0.717, 1.165) is 5.76 Å². The molecule has 4 nitrogen and oxygen atoms in total. The summed E-state index contributed by atoms with van der Waals surface area (Å²) in [6, 6.07) is 5.44. The van der Waals surface area contributed by atoms with Crippen molar-refractivity contribution in [2.45, 2.75) is 58.5 Å². The Bertz CT molecular complexity index is 449. The Morgan fingerprint density at radius 2 is 1.78 bits per heavy atom. The number of likely N-dealkylation sites (tertiary alicyclic amines) is 1. The highest BCUT2D eigenvalue weighted by Crippen LogP contribution is 2.22. The van der Waals surface area contributed by atoms with Crippen LogP contribution in [0.3, 0.4) is 0 Å². The second-order valence-corrected chi connectivity index (χ2v) is 11.7. The fourth-order valence-corrected chi connectivity index (χ4v) is 5.45. The van der Waals surface area contributed by atoms with Crippen LogP contribution in [0.5, 0.6) is 0 Å². The molecule has 1 fully saturated rings. The van der Waals surface area contributed by atoms with Gasteiger partial charge in [0, 0.05) is 13.2 Å². The molecule has 5 heteroatoms. The molecule has 0 radical (unpaired) electrons. The first kappa shape index (κ1) is 18.7. The number of rotatable bonds is 10. The summed E-state index contributed by atoms with van der Waals surface area (Å²) >= 11 is 0. The van der Waals surface area contributed by atoms with Crippen LogP contribution in [0.2, 0.25) is 19.1 Å². The zero-order valence-electron chi connectivity index (χ0n) is 15.3. The van der Waals surface area contributed by atoms with Gasteiger partial charge in [0.25, 0.3) is 0 Å². The number of furan rings is 1.